The van der Waals surface area contributed by atoms with E-state index >= 15 is 0 Å². The van der Waals surface area contributed by atoms with Crippen LogP contribution in [0.2, 0.25) is 0 Å². The number of fused-ring (bicyclic) bond motifs is 1. The number of carbonyl (C=O) groups excluding carboxylic acids is 1. The minimum Gasteiger partial charge on any atom is -0.474 e. The van der Waals surface area contributed by atoms with Crippen LogP contribution in [0, 0.1) is 5.92 Å². The maximum absolute atomic E-state index is 11.0. The molecule has 1 saturated heterocycles. The molecule has 5 nitrogen and oxygen atoms in total. The molecule has 1 N–H and O–H groups in total. The highest BCUT2D eigenvalue weighted by molar-refractivity contribution is 7.16. The van der Waals surface area contributed by atoms with E-state index in [0.29, 0.717) is 19.0 Å². The Morgan fingerprint density at radius 2 is 2.14 bits per heavy atom. The van der Waals surface area contributed by atoms with Crippen LogP contribution in [0.3, 0.4) is 0 Å². The molecule has 0 aliphatic carbocycles. The van der Waals surface area contributed by atoms with Gasteiger partial charge >= 0.3 is 11.9 Å². The van der Waals surface area contributed by atoms with E-state index in [2.05, 4.69) is 11.1 Å². The summed E-state index contributed by atoms with van der Waals surface area (Å²) in [5, 5.41) is 8.43. The molecule has 1 aromatic heterocycles. The number of carbonyl (C=O) groups is 2. The molecule has 1 amide bonds. The van der Waals surface area contributed by atoms with E-state index in [9.17, 15) is 9.59 Å². The van der Waals surface area contributed by atoms with E-state index in [4.69, 9.17) is 5.11 Å². The molecule has 112 valence electrons. The van der Waals surface area contributed by atoms with Crippen molar-refractivity contribution in [3.05, 3.63) is 29.8 Å². The van der Waals surface area contributed by atoms with Crippen molar-refractivity contribution < 1.29 is 14.7 Å². The third-order valence-electron chi connectivity index (χ3n) is 3.36. The molecule has 1 aromatic carbocycles. The smallest absolute Gasteiger partial charge is 0.394 e. The van der Waals surface area contributed by atoms with Gasteiger partial charge in [0.2, 0.25) is 0 Å². The van der Waals surface area contributed by atoms with Gasteiger partial charge in [-0.1, -0.05) is 19.1 Å². The summed E-state index contributed by atoms with van der Waals surface area (Å²) in [4.78, 5) is 26.8. The second kappa shape index (κ2) is 7.17. The summed E-state index contributed by atoms with van der Waals surface area (Å²) >= 11 is 1.68. The zero-order valence-corrected chi connectivity index (χ0v) is 12.7. The molecule has 21 heavy (non-hydrogen) atoms. The van der Waals surface area contributed by atoms with Crippen molar-refractivity contribution >= 4 is 33.4 Å². The number of carboxylic acids is 1. The van der Waals surface area contributed by atoms with Gasteiger partial charge in [-0.15, -0.1) is 11.3 Å². The summed E-state index contributed by atoms with van der Waals surface area (Å²) in [5.74, 6) is -1.67. The minimum atomic E-state index is -1.34. The first kappa shape index (κ1) is 15.4. The topological polar surface area (TPSA) is 70.5 Å². The van der Waals surface area contributed by atoms with Crippen molar-refractivity contribution in [1.82, 2.24) is 9.88 Å². The fourth-order valence-corrected chi connectivity index (χ4v) is 2.99. The number of piperidine rings is 1. The van der Waals surface area contributed by atoms with E-state index in [1.165, 1.54) is 9.60 Å². The Labute approximate surface area is 127 Å². The summed E-state index contributed by atoms with van der Waals surface area (Å²) in [6.45, 7) is 3.21. The predicted octanol–water partition coefficient (Wildman–Crippen LogP) is 2.63. The molecule has 0 spiro atoms. The van der Waals surface area contributed by atoms with Crippen LogP contribution in [0.25, 0.3) is 10.2 Å². The van der Waals surface area contributed by atoms with E-state index in [-0.39, 0.29) is 0 Å². The maximum Gasteiger partial charge on any atom is 0.394 e. The minimum absolute atomic E-state index is 0.432. The van der Waals surface area contributed by atoms with Crippen molar-refractivity contribution in [3.63, 3.8) is 0 Å². The number of likely N-dealkylation sites (tertiary alicyclic amines) is 1. The van der Waals surface area contributed by atoms with Crippen LogP contribution in [0.1, 0.15) is 19.8 Å². The van der Waals surface area contributed by atoms with Gasteiger partial charge in [-0.05, 0) is 30.9 Å². The molecule has 1 fully saturated rings. The molecule has 0 radical (unpaired) electrons. The van der Waals surface area contributed by atoms with Gasteiger partial charge in [-0.2, -0.15) is 0 Å². The van der Waals surface area contributed by atoms with E-state index in [0.717, 1.165) is 18.4 Å². The Balaban J connectivity index is 0.000000159. The lowest BCUT2D eigenvalue weighted by molar-refractivity contribution is -0.156. The molecule has 0 saturated carbocycles. The quantitative estimate of drug-likeness (QED) is 0.760. The Hall–Kier alpha value is -1.95. The van der Waals surface area contributed by atoms with Crippen LogP contribution >= 0.6 is 11.3 Å². The number of aliphatic carboxylic acids is 1. The van der Waals surface area contributed by atoms with Gasteiger partial charge in [-0.3, -0.25) is 4.79 Å². The molecule has 3 rings (SSSR count). The molecular formula is C15H18N2O3S. The normalized spacial score (nSPS) is 18.0. The van der Waals surface area contributed by atoms with Gasteiger partial charge in [0.25, 0.3) is 0 Å². The largest absolute Gasteiger partial charge is 0.474 e. The second-order valence-electron chi connectivity index (χ2n) is 5.12. The molecule has 1 atom stereocenters. The van der Waals surface area contributed by atoms with Crippen LogP contribution < -0.4 is 0 Å². The number of aromatic nitrogens is 1. The third kappa shape index (κ3) is 4.26. The third-order valence-corrected chi connectivity index (χ3v) is 4.17. The van der Waals surface area contributed by atoms with Crippen LogP contribution in [-0.4, -0.2) is 40.0 Å². The summed E-state index contributed by atoms with van der Waals surface area (Å²) in [7, 11) is 0. The number of nitrogens with zero attached hydrogens (tertiary/aromatic N) is 2. The van der Waals surface area contributed by atoms with Crippen molar-refractivity contribution in [3.8, 4) is 0 Å². The lowest BCUT2D eigenvalue weighted by atomic mass is 10.0. The van der Waals surface area contributed by atoms with E-state index in [1.54, 1.807) is 11.3 Å². The van der Waals surface area contributed by atoms with Gasteiger partial charge < -0.3 is 10.0 Å². The standard InChI is InChI=1S/C8H13NO3.C7H5NS/c1-6-3-2-4-9(5-6)7(10)8(11)12;1-2-4-7-6(3-1)8-5-9-7/h6H,2-5H2,1H3,(H,11,12);1-5H. The Morgan fingerprint density at radius 3 is 2.81 bits per heavy atom. The number of hydrogen-bond donors (Lipinski definition) is 1. The summed E-state index contributed by atoms with van der Waals surface area (Å²) in [6, 6.07) is 8.13. The maximum atomic E-state index is 11.0. The number of thiazole rings is 1. The van der Waals surface area contributed by atoms with Crippen LogP contribution in [0.5, 0.6) is 0 Å². The van der Waals surface area contributed by atoms with Crippen molar-refractivity contribution in [2.45, 2.75) is 19.8 Å². The highest BCUT2D eigenvalue weighted by Crippen LogP contribution is 2.16. The zero-order valence-electron chi connectivity index (χ0n) is 11.9. The number of benzene rings is 1. The Kier molecular flexibility index (Phi) is 5.27. The second-order valence-corrected chi connectivity index (χ2v) is 6.01. The first-order valence-corrected chi connectivity index (χ1v) is 7.76. The summed E-state index contributed by atoms with van der Waals surface area (Å²) < 4.78 is 1.26. The molecule has 6 heteroatoms. The monoisotopic (exact) mass is 306 g/mol. The summed E-state index contributed by atoms with van der Waals surface area (Å²) in [6.07, 6.45) is 2.00. The fraction of sp³-hybridized carbons (Fsp3) is 0.400. The van der Waals surface area contributed by atoms with Gasteiger partial charge in [0.15, 0.2) is 0 Å². The van der Waals surface area contributed by atoms with Crippen LogP contribution in [0.15, 0.2) is 29.8 Å². The van der Waals surface area contributed by atoms with Gasteiger partial charge in [0, 0.05) is 13.1 Å². The van der Waals surface area contributed by atoms with Crippen molar-refractivity contribution in [2.24, 2.45) is 5.92 Å². The van der Waals surface area contributed by atoms with Crippen molar-refractivity contribution in [2.75, 3.05) is 13.1 Å². The number of carboxylic acid groups (broad SMARTS) is 1. The lowest BCUT2D eigenvalue weighted by Gasteiger charge is -2.29. The first-order valence-electron chi connectivity index (χ1n) is 6.88. The molecular weight excluding hydrogens is 288 g/mol. The Morgan fingerprint density at radius 1 is 1.38 bits per heavy atom. The van der Waals surface area contributed by atoms with Crippen LogP contribution in [-0.2, 0) is 9.59 Å². The number of hydrogen-bond acceptors (Lipinski definition) is 4. The van der Waals surface area contributed by atoms with Gasteiger partial charge in [-0.25, -0.2) is 9.78 Å². The van der Waals surface area contributed by atoms with Crippen LogP contribution in [0.4, 0.5) is 0 Å². The zero-order chi connectivity index (χ0) is 15.2. The molecule has 1 unspecified atom stereocenters. The molecule has 2 heterocycles. The molecule has 2 aromatic rings. The fourth-order valence-electron chi connectivity index (χ4n) is 2.31. The number of amides is 1. The molecule has 1 aliphatic rings. The predicted molar refractivity (Wildman–Crippen MR) is 82.2 cm³/mol. The molecule has 0 bridgehead atoms. The number of rotatable bonds is 0. The van der Waals surface area contributed by atoms with E-state index < -0.39 is 11.9 Å². The highest BCUT2D eigenvalue weighted by Gasteiger charge is 2.25. The highest BCUT2D eigenvalue weighted by atomic mass is 32.1. The van der Waals surface area contributed by atoms with Gasteiger partial charge in [0.1, 0.15) is 0 Å². The number of para-hydroxylation sites is 1. The SMILES string of the molecule is CC1CCCN(C(=O)C(=O)O)C1.c1ccc2scnc2c1. The summed E-state index contributed by atoms with van der Waals surface area (Å²) in [5.41, 5.74) is 2.97. The first-order chi connectivity index (χ1) is 10.1. The molecule has 1 aliphatic heterocycles. The van der Waals surface area contributed by atoms with Crippen molar-refractivity contribution in [1.29, 1.82) is 0 Å². The Bertz CT molecular complexity index is 596. The van der Waals surface area contributed by atoms with E-state index in [1.807, 2.05) is 30.6 Å². The average molecular weight is 306 g/mol. The average Bonchev–Trinajstić information content (AvgIpc) is 2.95. The lowest BCUT2D eigenvalue weighted by Crippen LogP contribution is -2.42. The van der Waals surface area contributed by atoms with Gasteiger partial charge in [0.05, 0.1) is 15.7 Å².